The maximum atomic E-state index is 6.35. The smallest absolute Gasteiger partial charge is 0.136 e. The van der Waals surface area contributed by atoms with E-state index < -0.39 is 0 Å². The van der Waals surface area contributed by atoms with E-state index in [-0.39, 0.29) is 0 Å². The molecule has 0 amide bonds. The third-order valence-electron chi connectivity index (χ3n) is 10.0. The van der Waals surface area contributed by atoms with Crippen LogP contribution < -0.4 is 4.90 Å². The summed E-state index contributed by atoms with van der Waals surface area (Å²) in [6.45, 7) is 0. The van der Waals surface area contributed by atoms with E-state index in [1.54, 1.807) is 0 Å². The fraction of sp³-hybridized carbons (Fsp3) is 0. The molecule has 2 aromatic heterocycles. The highest BCUT2D eigenvalue weighted by molar-refractivity contribution is 6.14. The van der Waals surface area contributed by atoms with E-state index in [2.05, 4.69) is 191 Å². The molecule has 0 atom stereocenters. The van der Waals surface area contributed by atoms with Gasteiger partial charge >= 0.3 is 0 Å². The number of rotatable bonds is 6. The van der Waals surface area contributed by atoms with E-state index in [0.717, 1.165) is 61.4 Å². The lowest BCUT2D eigenvalue weighted by Crippen LogP contribution is -2.12. The van der Waals surface area contributed by atoms with Crippen LogP contribution in [-0.2, 0) is 0 Å². The van der Waals surface area contributed by atoms with Gasteiger partial charge in [-0.15, -0.1) is 0 Å². The van der Waals surface area contributed by atoms with Gasteiger partial charge in [-0.1, -0.05) is 133 Å². The van der Waals surface area contributed by atoms with Crippen molar-refractivity contribution in [3.63, 3.8) is 0 Å². The Morgan fingerprint density at radius 2 is 0.902 bits per heavy atom. The number of hydrogen-bond donors (Lipinski definition) is 0. The standard InChI is InChI=1S/C48H32N2O/c1-2-15-33(16-3-1)36-17-4-9-23-42(36)49(34-29-31-35(32-30-34)50-43-24-10-5-18-37(43)38-19-6-11-25-44(38)50)45-26-12-7-20-39(45)40-22-14-28-47-48(40)41-21-8-13-27-46(41)51-47/h1-32H. The molecule has 0 fully saturated rings. The predicted octanol–water partition coefficient (Wildman–Crippen LogP) is 13.5. The second-order valence-corrected chi connectivity index (χ2v) is 12.9. The van der Waals surface area contributed by atoms with E-state index in [4.69, 9.17) is 4.42 Å². The number of benzene rings is 8. The topological polar surface area (TPSA) is 21.3 Å². The number of anilines is 3. The first-order valence-corrected chi connectivity index (χ1v) is 17.4. The predicted molar refractivity (Wildman–Crippen MR) is 214 cm³/mol. The molecule has 10 rings (SSSR count). The molecule has 240 valence electrons. The van der Waals surface area contributed by atoms with Crippen LogP contribution in [0.5, 0.6) is 0 Å². The molecule has 0 aliphatic rings. The van der Waals surface area contributed by atoms with E-state index in [1.165, 1.54) is 27.4 Å². The van der Waals surface area contributed by atoms with Crippen LogP contribution in [0.1, 0.15) is 0 Å². The van der Waals surface area contributed by atoms with Crippen molar-refractivity contribution in [3.05, 3.63) is 194 Å². The van der Waals surface area contributed by atoms with Gasteiger partial charge < -0.3 is 13.9 Å². The van der Waals surface area contributed by atoms with Crippen LogP contribution in [0.2, 0.25) is 0 Å². The van der Waals surface area contributed by atoms with Gasteiger partial charge in [0.2, 0.25) is 0 Å². The molecule has 0 spiro atoms. The highest BCUT2D eigenvalue weighted by Gasteiger charge is 2.22. The summed E-state index contributed by atoms with van der Waals surface area (Å²) in [5, 5.41) is 4.75. The van der Waals surface area contributed by atoms with Crippen LogP contribution in [0.4, 0.5) is 17.1 Å². The van der Waals surface area contributed by atoms with Crippen molar-refractivity contribution in [3.8, 4) is 27.9 Å². The zero-order valence-electron chi connectivity index (χ0n) is 27.8. The highest BCUT2D eigenvalue weighted by atomic mass is 16.3. The van der Waals surface area contributed by atoms with Crippen LogP contribution >= 0.6 is 0 Å². The Morgan fingerprint density at radius 3 is 1.63 bits per heavy atom. The first kappa shape index (κ1) is 29.1. The summed E-state index contributed by atoms with van der Waals surface area (Å²) in [4.78, 5) is 2.41. The minimum absolute atomic E-state index is 0.885. The van der Waals surface area contributed by atoms with E-state index in [1.807, 2.05) is 12.1 Å². The van der Waals surface area contributed by atoms with E-state index >= 15 is 0 Å². The van der Waals surface area contributed by atoms with E-state index in [9.17, 15) is 0 Å². The highest BCUT2D eigenvalue weighted by Crippen LogP contribution is 2.47. The average Bonchev–Trinajstić information content (AvgIpc) is 3.75. The molecule has 10 aromatic rings. The molecule has 0 saturated heterocycles. The van der Waals surface area contributed by atoms with Gasteiger partial charge in [-0.05, 0) is 71.8 Å². The molecule has 0 radical (unpaired) electrons. The zero-order valence-corrected chi connectivity index (χ0v) is 27.8. The molecule has 3 heteroatoms. The van der Waals surface area contributed by atoms with Gasteiger partial charge in [0, 0.05) is 44.0 Å². The number of hydrogen-bond acceptors (Lipinski definition) is 2. The summed E-state index contributed by atoms with van der Waals surface area (Å²) in [6, 6.07) is 69.1. The molecule has 0 aliphatic heterocycles. The van der Waals surface area contributed by atoms with Gasteiger partial charge in [0.25, 0.3) is 0 Å². The molecule has 8 aromatic carbocycles. The molecule has 0 bridgehead atoms. The third-order valence-corrected chi connectivity index (χ3v) is 10.0. The second-order valence-electron chi connectivity index (χ2n) is 12.9. The maximum absolute atomic E-state index is 6.35. The molecule has 51 heavy (non-hydrogen) atoms. The molecule has 0 aliphatic carbocycles. The van der Waals surface area contributed by atoms with Crippen molar-refractivity contribution >= 4 is 60.8 Å². The molecule has 0 unspecified atom stereocenters. The van der Waals surface area contributed by atoms with Gasteiger partial charge in [-0.2, -0.15) is 0 Å². The Balaban J connectivity index is 1.21. The minimum Gasteiger partial charge on any atom is -0.456 e. The van der Waals surface area contributed by atoms with Gasteiger partial charge in [0.05, 0.1) is 22.4 Å². The lowest BCUT2D eigenvalue weighted by Gasteiger charge is -2.30. The van der Waals surface area contributed by atoms with Crippen LogP contribution in [0, 0.1) is 0 Å². The van der Waals surface area contributed by atoms with Crippen LogP contribution in [0.15, 0.2) is 199 Å². The fourth-order valence-corrected chi connectivity index (χ4v) is 7.79. The fourth-order valence-electron chi connectivity index (χ4n) is 7.79. The SMILES string of the molecule is c1ccc(-c2ccccc2N(c2ccc(-n3c4ccccc4c4ccccc43)cc2)c2ccccc2-c2cccc3oc4ccccc4c23)cc1. The van der Waals surface area contributed by atoms with Crippen molar-refractivity contribution in [2.24, 2.45) is 0 Å². The normalized spacial score (nSPS) is 11.5. The zero-order chi connectivity index (χ0) is 33.7. The molecular weight excluding hydrogens is 621 g/mol. The monoisotopic (exact) mass is 652 g/mol. The van der Waals surface area contributed by atoms with Crippen molar-refractivity contribution in [2.75, 3.05) is 4.90 Å². The van der Waals surface area contributed by atoms with Gasteiger partial charge in [0.15, 0.2) is 0 Å². The quantitative estimate of drug-likeness (QED) is 0.178. The Morgan fingerprint density at radius 1 is 0.373 bits per heavy atom. The summed E-state index contributed by atoms with van der Waals surface area (Å²) >= 11 is 0. The molecule has 0 saturated carbocycles. The van der Waals surface area contributed by atoms with Crippen molar-refractivity contribution in [2.45, 2.75) is 0 Å². The lowest BCUT2D eigenvalue weighted by atomic mass is 9.96. The van der Waals surface area contributed by atoms with Crippen LogP contribution in [0.3, 0.4) is 0 Å². The number of fused-ring (bicyclic) bond motifs is 6. The first-order valence-electron chi connectivity index (χ1n) is 17.4. The third kappa shape index (κ3) is 4.74. The molecule has 2 heterocycles. The lowest BCUT2D eigenvalue weighted by molar-refractivity contribution is 0.669. The Labute approximate surface area is 295 Å². The first-order chi connectivity index (χ1) is 25.3. The number of aromatic nitrogens is 1. The van der Waals surface area contributed by atoms with Crippen molar-refractivity contribution in [1.82, 2.24) is 4.57 Å². The average molecular weight is 653 g/mol. The van der Waals surface area contributed by atoms with Crippen molar-refractivity contribution < 1.29 is 4.42 Å². The van der Waals surface area contributed by atoms with Crippen LogP contribution in [0.25, 0.3) is 71.7 Å². The number of furan rings is 1. The van der Waals surface area contributed by atoms with Crippen molar-refractivity contribution in [1.29, 1.82) is 0 Å². The minimum atomic E-state index is 0.885. The molecular formula is C48H32N2O. The number of para-hydroxylation sites is 5. The maximum Gasteiger partial charge on any atom is 0.136 e. The van der Waals surface area contributed by atoms with Gasteiger partial charge in [-0.3, -0.25) is 0 Å². The Kier molecular flexibility index (Phi) is 6.81. The largest absolute Gasteiger partial charge is 0.456 e. The summed E-state index contributed by atoms with van der Waals surface area (Å²) < 4.78 is 8.73. The van der Waals surface area contributed by atoms with Gasteiger partial charge in [0.1, 0.15) is 11.2 Å². The van der Waals surface area contributed by atoms with Crippen LogP contribution in [-0.4, -0.2) is 4.57 Å². The summed E-state index contributed by atoms with van der Waals surface area (Å²) in [5.74, 6) is 0. The van der Waals surface area contributed by atoms with E-state index in [0.29, 0.717) is 0 Å². The summed E-state index contributed by atoms with van der Waals surface area (Å²) in [7, 11) is 0. The Bertz CT molecular complexity index is 2810. The summed E-state index contributed by atoms with van der Waals surface area (Å²) in [6.07, 6.45) is 0. The second kappa shape index (κ2) is 11.9. The van der Waals surface area contributed by atoms with Gasteiger partial charge in [-0.25, -0.2) is 0 Å². The Hall–Kier alpha value is -6.84. The number of nitrogens with zero attached hydrogens (tertiary/aromatic N) is 2. The summed E-state index contributed by atoms with van der Waals surface area (Å²) in [5.41, 5.74) is 13.1. The molecule has 3 nitrogen and oxygen atoms in total. The molecule has 0 N–H and O–H groups in total.